The molecule has 0 spiro atoms. The largest absolute Gasteiger partial charge is 0.443 e. The predicted molar refractivity (Wildman–Crippen MR) is 60.5 cm³/mol. The molecule has 1 aromatic heterocycles. The van der Waals surface area contributed by atoms with Crippen molar-refractivity contribution in [3.8, 4) is 0 Å². The van der Waals surface area contributed by atoms with Crippen LogP contribution in [0.1, 0.15) is 42.1 Å². The van der Waals surface area contributed by atoms with E-state index in [0.717, 1.165) is 19.3 Å². The molecule has 96 valence electrons. The fourth-order valence-electron chi connectivity index (χ4n) is 2.38. The molecule has 0 radical (unpaired) electrons. The van der Waals surface area contributed by atoms with Gasteiger partial charge in [0.2, 0.25) is 0 Å². The molecule has 0 bridgehead atoms. The van der Waals surface area contributed by atoms with Gasteiger partial charge in [-0.1, -0.05) is 13.3 Å². The Hall–Kier alpha value is -0.620. The lowest BCUT2D eigenvalue weighted by atomic mass is 9.97. The van der Waals surface area contributed by atoms with Gasteiger partial charge in [0.1, 0.15) is 0 Å². The third-order valence-corrected chi connectivity index (χ3v) is 4.48. The minimum atomic E-state index is -4.36. The minimum Gasteiger partial charge on any atom is -0.323 e. The van der Waals surface area contributed by atoms with E-state index in [1.165, 1.54) is 6.20 Å². The summed E-state index contributed by atoms with van der Waals surface area (Å²) in [5.41, 5.74) is 6.02. The summed E-state index contributed by atoms with van der Waals surface area (Å²) < 4.78 is 37.2. The number of alkyl halides is 3. The number of hydrogen-bond acceptors (Lipinski definition) is 3. The Morgan fingerprint density at radius 2 is 2.18 bits per heavy atom. The summed E-state index contributed by atoms with van der Waals surface area (Å²) in [6, 6.07) is -0.298. The predicted octanol–water partition coefficient (Wildman–Crippen LogP) is 3.60. The van der Waals surface area contributed by atoms with Crippen molar-refractivity contribution in [1.29, 1.82) is 0 Å². The lowest BCUT2D eigenvalue weighted by Gasteiger charge is -2.17. The van der Waals surface area contributed by atoms with E-state index in [2.05, 4.69) is 11.9 Å². The highest BCUT2D eigenvalue weighted by Crippen LogP contribution is 2.41. The molecule has 1 heterocycles. The summed E-state index contributed by atoms with van der Waals surface area (Å²) in [7, 11) is 0. The van der Waals surface area contributed by atoms with Crippen molar-refractivity contribution in [3.05, 3.63) is 16.1 Å². The van der Waals surface area contributed by atoms with Crippen molar-refractivity contribution >= 4 is 11.3 Å². The lowest BCUT2D eigenvalue weighted by molar-refractivity contribution is -0.137. The third-order valence-electron chi connectivity index (χ3n) is 3.34. The number of aromatic nitrogens is 1. The van der Waals surface area contributed by atoms with Gasteiger partial charge in [-0.25, -0.2) is 4.98 Å². The van der Waals surface area contributed by atoms with Crippen molar-refractivity contribution in [1.82, 2.24) is 4.98 Å². The molecular formula is C11H15F3N2S. The molecule has 1 saturated carbocycles. The Labute approximate surface area is 102 Å². The first kappa shape index (κ1) is 12.8. The standard InChI is InChI=1S/C11H15F3N2S/c1-6-2-3-7(4-6)9(15)8-5-16-10(17-8)11(12,13)14/h5-7,9H,2-4,15H2,1H3. The van der Waals surface area contributed by atoms with Crippen molar-refractivity contribution in [3.63, 3.8) is 0 Å². The SMILES string of the molecule is CC1CCC(C(N)c2cnc(C(F)(F)F)s2)C1. The normalized spacial score (nSPS) is 27.4. The first-order chi connectivity index (χ1) is 7.88. The summed E-state index contributed by atoms with van der Waals surface area (Å²) in [5.74, 6) is 0.924. The van der Waals surface area contributed by atoms with Gasteiger partial charge in [-0.3, -0.25) is 0 Å². The molecule has 2 rings (SSSR count). The maximum Gasteiger partial charge on any atom is 0.443 e. The molecule has 3 atom stereocenters. The van der Waals surface area contributed by atoms with Crippen LogP contribution in [0.25, 0.3) is 0 Å². The zero-order valence-corrected chi connectivity index (χ0v) is 10.3. The van der Waals surface area contributed by atoms with Gasteiger partial charge in [-0.05, 0) is 24.7 Å². The van der Waals surface area contributed by atoms with Crippen LogP contribution in [0.4, 0.5) is 13.2 Å². The van der Waals surface area contributed by atoms with Crippen molar-refractivity contribution < 1.29 is 13.2 Å². The maximum absolute atomic E-state index is 12.4. The molecular weight excluding hydrogens is 249 g/mol. The van der Waals surface area contributed by atoms with Crippen molar-refractivity contribution in [2.75, 3.05) is 0 Å². The highest BCUT2D eigenvalue weighted by atomic mass is 32.1. The van der Waals surface area contributed by atoms with Crippen LogP contribution in [0.5, 0.6) is 0 Å². The second-order valence-corrected chi connectivity index (χ2v) is 5.83. The van der Waals surface area contributed by atoms with Crippen LogP contribution in [0.3, 0.4) is 0 Å². The van der Waals surface area contributed by atoms with Gasteiger partial charge in [0.05, 0.1) is 0 Å². The Bertz CT molecular complexity index is 388. The van der Waals surface area contributed by atoms with Gasteiger partial charge < -0.3 is 5.73 Å². The van der Waals surface area contributed by atoms with Gasteiger partial charge >= 0.3 is 6.18 Å². The van der Waals surface area contributed by atoms with Crippen molar-refractivity contribution in [2.45, 2.75) is 38.4 Å². The number of nitrogens with two attached hydrogens (primary N) is 1. The van der Waals surface area contributed by atoms with Gasteiger partial charge in [0, 0.05) is 17.1 Å². The number of thiazole rings is 1. The number of hydrogen-bond donors (Lipinski definition) is 1. The molecule has 2 nitrogen and oxygen atoms in total. The van der Waals surface area contributed by atoms with E-state index < -0.39 is 11.2 Å². The van der Waals surface area contributed by atoms with E-state index in [9.17, 15) is 13.2 Å². The Kier molecular flexibility index (Phi) is 3.45. The highest BCUT2D eigenvalue weighted by molar-refractivity contribution is 7.11. The molecule has 1 aromatic rings. The smallest absolute Gasteiger partial charge is 0.323 e. The van der Waals surface area contributed by atoms with E-state index in [1.54, 1.807) is 0 Å². The first-order valence-electron chi connectivity index (χ1n) is 5.66. The summed E-state index contributed by atoms with van der Waals surface area (Å²) in [4.78, 5) is 3.96. The molecule has 0 saturated heterocycles. The number of nitrogens with zero attached hydrogens (tertiary/aromatic N) is 1. The topological polar surface area (TPSA) is 38.9 Å². The summed E-state index contributed by atoms with van der Waals surface area (Å²) >= 11 is 0.675. The molecule has 2 N–H and O–H groups in total. The summed E-state index contributed by atoms with van der Waals surface area (Å²) in [6.45, 7) is 2.15. The van der Waals surface area contributed by atoms with Crippen molar-refractivity contribution in [2.24, 2.45) is 17.6 Å². The molecule has 0 aromatic carbocycles. The Morgan fingerprint density at radius 1 is 1.47 bits per heavy atom. The minimum absolute atomic E-state index is 0.298. The number of rotatable bonds is 2. The van der Waals surface area contributed by atoms with E-state index in [1.807, 2.05) is 0 Å². The summed E-state index contributed by atoms with van der Waals surface area (Å²) in [5, 5.41) is -0.797. The first-order valence-corrected chi connectivity index (χ1v) is 6.48. The average molecular weight is 264 g/mol. The highest BCUT2D eigenvalue weighted by Gasteiger charge is 2.36. The second kappa shape index (κ2) is 4.57. The van der Waals surface area contributed by atoms with Gasteiger partial charge in [0.15, 0.2) is 5.01 Å². The zero-order chi connectivity index (χ0) is 12.6. The molecule has 0 aliphatic heterocycles. The molecule has 6 heteroatoms. The van der Waals surface area contributed by atoms with Crippen LogP contribution in [-0.4, -0.2) is 4.98 Å². The van der Waals surface area contributed by atoms with Gasteiger partial charge in [0.25, 0.3) is 0 Å². The molecule has 17 heavy (non-hydrogen) atoms. The van der Waals surface area contributed by atoms with Crippen LogP contribution in [0, 0.1) is 11.8 Å². The van der Waals surface area contributed by atoms with Crippen LogP contribution in [0.15, 0.2) is 6.20 Å². The monoisotopic (exact) mass is 264 g/mol. The molecule has 3 unspecified atom stereocenters. The fraction of sp³-hybridized carbons (Fsp3) is 0.727. The average Bonchev–Trinajstić information content (AvgIpc) is 2.83. The van der Waals surface area contributed by atoms with E-state index in [-0.39, 0.29) is 6.04 Å². The number of halogens is 3. The third kappa shape index (κ3) is 2.80. The van der Waals surface area contributed by atoms with Crippen LogP contribution in [-0.2, 0) is 6.18 Å². The van der Waals surface area contributed by atoms with E-state index >= 15 is 0 Å². The van der Waals surface area contributed by atoms with Gasteiger partial charge in [-0.2, -0.15) is 13.2 Å². The molecule has 1 aliphatic rings. The maximum atomic E-state index is 12.4. The zero-order valence-electron chi connectivity index (χ0n) is 9.50. The lowest BCUT2D eigenvalue weighted by Crippen LogP contribution is -2.18. The molecule has 1 aliphatic carbocycles. The fourth-order valence-corrected chi connectivity index (χ4v) is 3.26. The van der Waals surface area contributed by atoms with Crippen LogP contribution in [0.2, 0.25) is 0 Å². The Morgan fingerprint density at radius 3 is 2.65 bits per heavy atom. The van der Waals surface area contributed by atoms with E-state index in [4.69, 9.17) is 5.73 Å². The summed E-state index contributed by atoms with van der Waals surface area (Å²) in [6.07, 6.45) is 0.0397. The second-order valence-electron chi connectivity index (χ2n) is 4.77. The van der Waals surface area contributed by atoms with Gasteiger partial charge in [-0.15, -0.1) is 11.3 Å². The molecule has 1 fully saturated rings. The quantitative estimate of drug-likeness (QED) is 0.886. The van der Waals surface area contributed by atoms with Crippen LogP contribution >= 0.6 is 11.3 Å². The van der Waals surface area contributed by atoms with Crippen LogP contribution < -0.4 is 5.73 Å². The Balaban J connectivity index is 2.09. The molecule has 0 amide bonds. The van der Waals surface area contributed by atoms with E-state index in [0.29, 0.717) is 28.0 Å².